The minimum Gasteiger partial charge on any atom is -0.467 e. The highest BCUT2D eigenvalue weighted by molar-refractivity contribution is 5.79. The molecule has 3 aromatic rings. The number of furan rings is 1. The topological polar surface area (TPSA) is 153 Å². The molecule has 0 atom stereocenters. The number of carbonyl (C=O) groups excluding carboxylic acids is 1. The van der Waals surface area contributed by atoms with Crippen molar-refractivity contribution in [3.05, 3.63) is 69.7 Å². The van der Waals surface area contributed by atoms with Gasteiger partial charge < -0.3 is 25.1 Å². The lowest BCUT2D eigenvalue weighted by molar-refractivity contribution is -0.383. The molecule has 0 saturated carbocycles. The van der Waals surface area contributed by atoms with E-state index in [9.17, 15) is 14.9 Å². The van der Waals surface area contributed by atoms with Crippen molar-refractivity contribution in [3.8, 4) is 0 Å². The average Bonchev–Trinajstić information content (AvgIpc) is 3.57. The van der Waals surface area contributed by atoms with Crippen molar-refractivity contribution < 1.29 is 18.9 Å². The van der Waals surface area contributed by atoms with Crippen LogP contribution in [0.25, 0.3) is 0 Å². The number of nitrogens with two attached hydrogens (primary N) is 1. The summed E-state index contributed by atoms with van der Waals surface area (Å²) in [5, 5.41) is 15.0. The van der Waals surface area contributed by atoms with E-state index in [-0.39, 0.29) is 43.8 Å². The van der Waals surface area contributed by atoms with Gasteiger partial charge in [0.1, 0.15) is 12.3 Å². The molecule has 3 N–H and O–H groups in total. The predicted octanol–water partition coefficient (Wildman–Crippen LogP) is 3.34. The maximum Gasteiger partial charge on any atom is 0.353 e. The van der Waals surface area contributed by atoms with Crippen LogP contribution in [0.4, 0.5) is 23.3 Å². The van der Waals surface area contributed by atoms with Crippen LogP contribution in [0.5, 0.6) is 0 Å². The molecule has 1 fully saturated rings. The van der Waals surface area contributed by atoms with Crippen molar-refractivity contribution in [3.63, 3.8) is 0 Å². The first-order chi connectivity index (χ1) is 17.9. The van der Waals surface area contributed by atoms with Gasteiger partial charge in [0.25, 0.3) is 0 Å². The number of nitrogen functional groups attached to an aromatic ring is 1. The summed E-state index contributed by atoms with van der Waals surface area (Å²) in [5.41, 5.74) is 7.54. The van der Waals surface area contributed by atoms with E-state index in [0.717, 1.165) is 30.8 Å². The Morgan fingerprint density at radius 3 is 2.73 bits per heavy atom. The number of benzene rings is 1. The number of aromatic nitrogens is 2. The second-order valence-corrected chi connectivity index (χ2v) is 8.76. The molecule has 0 amide bonds. The quantitative estimate of drug-likeness (QED) is 0.210. The van der Waals surface area contributed by atoms with Crippen LogP contribution in [0.2, 0.25) is 0 Å². The zero-order valence-electron chi connectivity index (χ0n) is 20.8. The zero-order chi connectivity index (χ0) is 26.2. The van der Waals surface area contributed by atoms with E-state index in [1.165, 1.54) is 24.0 Å². The first-order valence-electron chi connectivity index (χ1n) is 12.2. The Morgan fingerprint density at radius 2 is 2.03 bits per heavy atom. The average molecular weight is 510 g/mol. The summed E-state index contributed by atoms with van der Waals surface area (Å²) < 4.78 is 10.5. The highest BCUT2D eigenvalue weighted by Gasteiger charge is 2.29. The first kappa shape index (κ1) is 25.9. The Morgan fingerprint density at radius 1 is 1.24 bits per heavy atom. The number of hydrogen-bond acceptors (Lipinski definition) is 11. The monoisotopic (exact) mass is 509 g/mol. The number of hydrogen-bond donors (Lipinski definition) is 2. The summed E-state index contributed by atoms with van der Waals surface area (Å²) in [4.78, 5) is 36.2. The first-order valence-corrected chi connectivity index (χ1v) is 12.2. The predicted molar refractivity (Wildman–Crippen MR) is 138 cm³/mol. The highest BCUT2D eigenvalue weighted by atomic mass is 16.6. The second kappa shape index (κ2) is 12.2. The van der Waals surface area contributed by atoms with Crippen molar-refractivity contribution in [1.82, 2.24) is 14.9 Å². The Balaban J connectivity index is 1.65. The van der Waals surface area contributed by atoms with Crippen LogP contribution in [0.3, 0.4) is 0 Å². The van der Waals surface area contributed by atoms with Crippen LogP contribution in [0, 0.1) is 10.1 Å². The number of rotatable bonds is 12. The van der Waals surface area contributed by atoms with E-state index in [4.69, 9.17) is 14.9 Å². The van der Waals surface area contributed by atoms with Crippen molar-refractivity contribution >= 4 is 29.2 Å². The minimum absolute atomic E-state index is 0.0718. The molecular weight excluding hydrogens is 478 g/mol. The SMILES string of the molecule is CCOC(=O)CN(Cc1cccc(CN2CCCC2)c1)c1nc(NCc2ccco2)nc(N)c1[N+](=O)[O-]. The van der Waals surface area contributed by atoms with Gasteiger partial charge in [-0.1, -0.05) is 24.3 Å². The fourth-order valence-corrected chi connectivity index (χ4v) is 4.33. The number of nitro groups is 1. The summed E-state index contributed by atoms with van der Waals surface area (Å²) in [6, 6.07) is 11.5. The summed E-state index contributed by atoms with van der Waals surface area (Å²) in [5.74, 6) is -0.218. The molecule has 196 valence electrons. The molecule has 0 aliphatic carbocycles. The Kier molecular flexibility index (Phi) is 8.52. The van der Waals surface area contributed by atoms with Crippen molar-refractivity contribution in [1.29, 1.82) is 0 Å². The Hall–Kier alpha value is -4.19. The van der Waals surface area contributed by atoms with Gasteiger partial charge in [0.15, 0.2) is 0 Å². The third kappa shape index (κ3) is 6.94. The molecule has 0 radical (unpaired) electrons. The lowest BCUT2D eigenvalue weighted by Crippen LogP contribution is -2.32. The Labute approximate surface area is 214 Å². The molecule has 12 nitrogen and oxygen atoms in total. The van der Waals surface area contributed by atoms with Crippen LogP contribution >= 0.6 is 0 Å². The second-order valence-electron chi connectivity index (χ2n) is 8.76. The zero-order valence-corrected chi connectivity index (χ0v) is 20.8. The van der Waals surface area contributed by atoms with Crippen LogP contribution in [-0.4, -0.2) is 52.0 Å². The summed E-state index contributed by atoms with van der Waals surface area (Å²) in [6.45, 7) is 5.03. The number of esters is 1. The summed E-state index contributed by atoms with van der Waals surface area (Å²) in [7, 11) is 0. The molecule has 37 heavy (non-hydrogen) atoms. The summed E-state index contributed by atoms with van der Waals surface area (Å²) >= 11 is 0. The van der Waals surface area contributed by atoms with Gasteiger partial charge in [-0.15, -0.1) is 0 Å². The fraction of sp³-hybridized carbons (Fsp3) is 0.400. The van der Waals surface area contributed by atoms with Gasteiger partial charge in [-0.2, -0.15) is 9.97 Å². The number of ether oxygens (including phenoxy) is 1. The molecule has 4 rings (SSSR count). The molecule has 0 bridgehead atoms. The van der Waals surface area contributed by atoms with Gasteiger partial charge in [0.2, 0.25) is 17.6 Å². The largest absolute Gasteiger partial charge is 0.467 e. The molecule has 1 saturated heterocycles. The van der Waals surface area contributed by atoms with E-state index >= 15 is 0 Å². The van der Waals surface area contributed by atoms with E-state index in [0.29, 0.717) is 5.76 Å². The van der Waals surface area contributed by atoms with Crippen LogP contribution in [0.15, 0.2) is 47.1 Å². The van der Waals surface area contributed by atoms with Gasteiger partial charge in [-0.3, -0.25) is 19.8 Å². The van der Waals surface area contributed by atoms with Crippen molar-refractivity contribution in [2.75, 3.05) is 42.2 Å². The van der Waals surface area contributed by atoms with E-state index in [1.807, 2.05) is 18.2 Å². The molecule has 12 heteroatoms. The maximum absolute atomic E-state index is 12.5. The standard InChI is InChI=1S/C25H31N7O5/c1-2-36-21(33)17-31(16-19-8-5-7-18(13-19)15-30-10-3-4-11-30)24-22(32(34)35)23(26)28-25(29-24)27-14-20-9-6-12-37-20/h5-9,12-13H,2-4,10-11,14-17H2,1H3,(H3,26,27,28,29). The molecule has 1 aliphatic heterocycles. The normalized spacial score (nSPS) is 13.4. The maximum atomic E-state index is 12.5. The van der Waals surface area contributed by atoms with E-state index < -0.39 is 16.6 Å². The van der Waals surface area contributed by atoms with Gasteiger partial charge in [-0.05, 0) is 56.1 Å². The van der Waals surface area contributed by atoms with Crippen LogP contribution in [-0.2, 0) is 29.2 Å². The van der Waals surface area contributed by atoms with Gasteiger partial charge >= 0.3 is 11.7 Å². The molecule has 3 heterocycles. The molecule has 2 aromatic heterocycles. The van der Waals surface area contributed by atoms with E-state index in [2.05, 4.69) is 26.3 Å². The number of nitrogens with zero attached hydrogens (tertiary/aromatic N) is 5. The number of anilines is 3. The highest BCUT2D eigenvalue weighted by Crippen LogP contribution is 2.33. The third-order valence-electron chi connectivity index (χ3n) is 5.97. The number of carbonyl (C=O) groups is 1. The number of likely N-dealkylation sites (tertiary alicyclic amines) is 1. The molecule has 0 spiro atoms. The van der Waals surface area contributed by atoms with Crippen molar-refractivity contribution in [2.45, 2.75) is 39.4 Å². The molecule has 0 unspecified atom stereocenters. The third-order valence-corrected chi connectivity index (χ3v) is 5.97. The van der Waals surface area contributed by atoms with Gasteiger partial charge in [-0.25, -0.2) is 0 Å². The lowest BCUT2D eigenvalue weighted by atomic mass is 10.1. The van der Waals surface area contributed by atoms with Crippen LogP contribution in [0.1, 0.15) is 36.7 Å². The molecule has 1 aliphatic rings. The van der Waals surface area contributed by atoms with E-state index in [1.54, 1.807) is 19.1 Å². The smallest absolute Gasteiger partial charge is 0.353 e. The van der Waals surface area contributed by atoms with Crippen molar-refractivity contribution in [2.24, 2.45) is 0 Å². The van der Waals surface area contributed by atoms with Gasteiger partial charge in [0.05, 0.1) is 24.3 Å². The summed E-state index contributed by atoms with van der Waals surface area (Å²) in [6.07, 6.45) is 3.93. The number of nitrogens with one attached hydrogen (secondary N) is 1. The minimum atomic E-state index is -0.636. The van der Waals surface area contributed by atoms with Gasteiger partial charge in [0, 0.05) is 13.1 Å². The lowest BCUT2D eigenvalue weighted by Gasteiger charge is -2.24. The molecular formula is C25H31N7O5. The fourth-order valence-electron chi connectivity index (χ4n) is 4.33. The Bertz CT molecular complexity index is 1210. The molecule has 1 aromatic carbocycles. The van der Waals surface area contributed by atoms with Crippen LogP contribution < -0.4 is 16.0 Å².